The molecule has 0 bridgehead atoms. The molecule has 9 heteroatoms. The minimum absolute atomic E-state index is 0.139. The van der Waals surface area contributed by atoms with Crippen LogP contribution in [0.5, 0.6) is 11.5 Å². The van der Waals surface area contributed by atoms with Crippen LogP contribution in [-0.4, -0.2) is 19.6 Å². The Morgan fingerprint density at radius 2 is 1.97 bits per heavy atom. The summed E-state index contributed by atoms with van der Waals surface area (Å²) in [5, 5.41) is 11.1. The Kier molecular flexibility index (Phi) is 8.34. The van der Waals surface area contributed by atoms with Crippen LogP contribution in [0.2, 0.25) is 5.02 Å². The van der Waals surface area contributed by atoms with E-state index in [0.29, 0.717) is 29.7 Å². The van der Waals surface area contributed by atoms with E-state index in [-0.39, 0.29) is 11.3 Å². The minimum Gasteiger partial charge on any atom is -0.493 e. The standard InChI is InChI=1S/C22H20ClF3N2O3/c1-3-4-9-31-19-8-5-14(11-20(19)30-2)10-15(13-27)21(29)28-16-6-7-18(23)17(12-16)22(24,25)26/h5-8,10-12H,3-4,9H2,1-2H3,(H,28,29)/b15-10+. The molecular weight excluding hydrogens is 433 g/mol. The van der Waals surface area contributed by atoms with Gasteiger partial charge in [0.1, 0.15) is 11.6 Å². The summed E-state index contributed by atoms with van der Waals surface area (Å²) in [5.41, 5.74) is -1.04. The number of nitriles is 1. The highest BCUT2D eigenvalue weighted by Gasteiger charge is 2.33. The normalized spacial score (nSPS) is 11.6. The van der Waals surface area contributed by atoms with E-state index in [2.05, 4.69) is 5.32 Å². The Morgan fingerprint density at radius 3 is 2.58 bits per heavy atom. The lowest BCUT2D eigenvalue weighted by molar-refractivity contribution is -0.137. The summed E-state index contributed by atoms with van der Waals surface area (Å²) in [6, 6.07) is 9.59. The number of anilines is 1. The zero-order valence-electron chi connectivity index (χ0n) is 16.8. The van der Waals surface area contributed by atoms with Crippen LogP contribution in [0.3, 0.4) is 0 Å². The van der Waals surface area contributed by atoms with Crippen molar-refractivity contribution in [2.24, 2.45) is 0 Å². The maximum atomic E-state index is 13.0. The first-order valence-electron chi connectivity index (χ1n) is 9.30. The van der Waals surface area contributed by atoms with Gasteiger partial charge < -0.3 is 14.8 Å². The molecule has 1 N–H and O–H groups in total. The van der Waals surface area contributed by atoms with Gasteiger partial charge in [0.25, 0.3) is 5.91 Å². The van der Waals surface area contributed by atoms with Crippen molar-refractivity contribution >= 4 is 29.3 Å². The van der Waals surface area contributed by atoms with E-state index < -0.39 is 22.7 Å². The molecule has 0 aliphatic carbocycles. The first kappa shape index (κ1) is 24.1. The molecule has 0 radical (unpaired) electrons. The Balaban J connectivity index is 2.24. The van der Waals surface area contributed by atoms with Crippen LogP contribution < -0.4 is 14.8 Å². The first-order valence-corrected chi connectivity index (χ1v) is 9.68. The van der Waals surface area contributed by atoms with Crippen molar-refractivity contribution in [3.05, 3.63) is 58.1 Å². The van der Waals surface area contributed by atoms with E-state index in [1.807, 2.05) is 6.92 Å². The van der Waals surface area contributed by atoms with Crippen molar-refractivity contribution in [3.63, 3.8) is 0 Å². The number of hydrogen-bond acceptors (Lipinski definition) is 4. The molecule has 0 heterocycles. The number of hydrogen-bond donors (Lipinski definition) is 1. The number of benzene rings is 2. The second-order valence-electron chi connectivity index (χ2n) is 6.43. The molecule has 2 rings (SSSR count). The Morgan fingerprint density at radius 1 is 1.23 bits per heavy atom. The average molecular weight is 453 g/mol. The van der Waals surface area contributed by atoms with Gasteiger partial charge in [0.15, 0.2) is 11.5 Å². The van der Waals surface area contributed by atoms with Gasteiger partial charge in [-0.15, -0.1) is 0 Å². The van der Waals surface area contributed by atoms with Crippen molar-refractivity contribution in [2.75, 3.05) is 19.0 Å². The third kappa shape index (κ3) is 6.66. The lowest BCUT2D eigenvalue weighted by Gasteiger charge is -2.12. The summed E-state index contributed by atoms with van der Waals surface area (Å²) >= 11 is 5.58. The van der Waals surface area contributed by atoms with E-state index in [1.54, 1.807) is 24.3 Å². The fourth-order valence-corrected chi connectivity index (χ4v) is 2.78. The summed E-state index contributed by atoms with van der Waals surface area (Å²) in [6.45, 7) is 2.56. The van der Waals surface area contributed by atoms with Gasteiger partial charge in [0.2, 0.25) is 0 Å². The molecule has 5 nitrogen and oxygen atoms in total. The fraction of sp³-hybridized carbons (Fsp3) is 0.273. The average Bonchev–Trinajstić information content (AvgIpc) is 2.73. The van der Waals surface area contributed by atoms with Crippen LogP contribution in [0.4, 0.5) is 18.9 Å². The summed E-state index contributed by atoms with van der Waals surface area (Å²) < 4.78 is 49.9. The third-order valence-corrected chi connectivity index (χ3v) is 4.48. The van der Waals surface area contributed by atoms with Gasteiger partial charge in [-0.3, -0.25) is 4.79 Å². The maximum absolute atomic E-state index is 13.0. The van der Waals surface area contributed by atoms with Gasteiger partial charge in [-0.1, -0.05) is 31.0 Å². The monoisotopic (exact) mass is 452 g/mol. The van der Waals surface area contributed by atoms with Gasteiger partial charge in [-0.2, -0.15) is 18.4 Å². The first-order chi connectivity index (χ1) is 14.7. The Hall–Kier alpha value is -3.18. The molecule has 0 spiro atoms. The summed E-state index contributed by atoms with van der Waals surface area (Å²) in [6.07, 6.45) is -1.52. The number of rotatable bonds is 8. The van der Waals surface area contributed by atoms with Crippen molar-refractivity contribution < 1.29 is 27.4 Å². The number of amides is 1. The predicted octanol–water partition coefficient (Wildman–Crippen LogP) is 6.09. The number of methoxy groups -OCH3 is 1. The Bertz CT molecular complexity index is 1010. The molecule has 1 amide bonds. The lowest BCUT2D eigenvalue weighted by Crippen LogP contribution is -2.14. The summed E-state index contributed by atoms with van der Waals surface area (Å²) in [5.74, 6) is 0.0900. The summed E-state index contributed by atoms with van der Waals surface area (Å²) in [4.78, 5) is 12.4. The van der Waals surface area contributed by atoms with Gasteiger partial charge in [0.05, 0.1) is 24.3 Å². The highest BCUT2D eigenvalue weighted by atomic mass is 35.5. The number of unbranched alkanes of at least 4 members (excludes halogenated alkanes) is 1. The van der Waals surface area contributed by atoms with Gasteiger partial charge in [0, 0.05) is 5.69 Å². The second-order valence-corrected chi connectivity index (χ2v) is 6.84. The van der Waals surface area contributed by atoms with Crippen LogP contribution in [0.1, 0.15) is 30.9 Å². The van der Waals surface area contributed by atoms with Crippen molar-refractivity contribution in [3.8, 4) is 17.6 Å². The topological polar surface area (TPSA) is 71.3 Å². The Labute approximate surface area is 183 Å². The van der Waals surface area contributed by atoms with Gasteiger partial charge >= 0.3 is 6.18 Å². The third-order valence-electron chi connectivity index (χ3n) is 4.15. The van der Waals surface area contributed by atoms with Crippen LogP contribution >= 0.6 is 11.6 Å². The quantitative estimate of drug-likeness (QED) is 0.299. The minimum atomic E-state index is -4.68. The maximum Gasteiger partial charge on any atom is 0.417 e. The van der Waals surface area contributed by atoms with Gasteiger partial charge in [-0.25, -0.2) is 0 Å². The van der Waals surface area contributed by atoms with Crippen LogP contribution in [0.25, 0.3) is 6.08 Å². The smallest absolute Gasteiger partial charge is 0.417 e. The molecule has 0 saturated carbocycles. The number of ether oxygens (including phenoxy) is 2. The molecule has 2 aromatic rings. The SMILES string of the molecule is CCCCOc1ccc(/C=C(\C#N)C(=O)Nc2ccc(Cl)c(C(F)(F)F)c2)cc1OC. The highest BCUT2D eigenvalue weighted by Crippen LogP contribution is 2.36. The zero-order valence-corrected chi connectivity index (χ0v) is 17.6. The largest absolute Gasteiger partial charge is 0.493 e. The number of nitrogens with zero attached hydrogens (tertiary/aromatic N) is 1. The van der Waals surface area contributed by atoms with E-state index in [9.17, 15) is 23.2 Å². The molecule has 0 fully saturated rings. The lowest BCUT2D eigenvalue weighted by atomic mass is 10.1. The highest BCUT2D eigenvalue weighted by molar-refractivity contribution is 6.31. The van der Waals surface area contributed by atoms with Crippen molar-refractivity contribution in [2.45, 2.75) is 25.9 Å². The molecule has 0 aliphatic heterocycles. The van der Waals surface area contributed by atoms with E-state index >= 15 is 0 Å². The molecule has 164 valence electrons. The van der Waals surface area contributed by atoms with E-state index in [1.165, 1.54) is 19.3 Å². The molecule has 0 unspecified atom stereocenters. The van der Waals surface area contributed by atoms with Crippen LogP contribution in [-0.2, 0) is 11.0 Å². The number of halogens is 4. The van der Waals surface area contributed by atoms with Crippen LogP contribution in [0.15, 0.2) is 42.0 Å². The van der Waals surface area contributed by atoms with E-state index in [4.69, 9.17) is 21.1 Å². The molecule has 0 saturated heterocycles. The summed E-state index contributed by atoms with van der Waals surface area (Å²) in [7, 11) is 1.46. The molecule has 31 heavy (non-hydrogen) atoms. The predicted molar refractivity (Wildman–Crippen MR) is 112 cm³/mol. The molecule has 2 aromatic carbocycles. The number of alkyl halides is 3. The zero-order chi connectivity index (χ0) is 23.0. The number of nitrogens with one attached hydrogen (secondary N) is 1. The van der Waals surface area contributed by atoms with Gasteiger partial charge in [-0.05, 0) is 48.4 Å². The van der Waals surface area contributed by atoms with Crippen molar-refractivity contribution in [1.82, 2.24) is 0 Å². The number of carbonyl (C=O) groups excluding carboxylic acids is 1. The van der Waals surface area contributed by atoms with Crippen LogP contribution in [0, 0.1) is 11.3 Å². The van der Waals surface area contributed by atoms with Crippen molar-refractivity contribution in [1.29, 1.82) is 5.26 Å². The second kappa shape index (κ2) is 10.7. The van der Waals surface area contributed by atoms with E-state index in [0.717, 1.165) is 18.9 Å². The number of carbonyl (C=O) groups is 1. The molecule has 0 aliphatic rings. The molecular formula is C22H20ClF3N2O3. The molecule has 0 aromatic heterocycles. The molecule has 0 atom stereocenters. The fourth-order valence-electron chi connectivity index (χ4n) is 2.55.